The van der Waals surface area contributed by atoms with E-state index in [9.17, 15) is 0 Å². The molecule has 0 saturated carbocycles. The van der Waals surface area contributed by atoms with Gasteiger partial charge in [0.15, 0.2) is 0 Å². The largest absolute Gasteiger partial charge is 0.501 e. The van der Waals surface area contributed by atoms with Crippen LogP contribution in [0.5, 0.6) is 0 Å². The van der Waals surface area contributed by atoms with Crippen molar-refractivity contribution in [3.05, 3.63) is 166 Å². The molecule has 12 heteroatoms. The van der Waals surface area contributed by atoms with Crippen molar-refractivity contribution in [3.8, 4) is 44.5 Å². The molecule has 4 aromatic carbocycles. The third kappa shape index (κ3) is 11.4. The Morgan fingerprint density at radius 1 is 0.389 bits per heavy atom. The molecular weight excluding hydrogens is 917 g/mol. The summed E-state index contributed by atoms with van der Waals surface area (Å²) in [4.78, 5) is 18.7. The van der Waals surface area contributed by atoms with Crippen LogP contribution in [0.4, 0.5) is 0 Å². The van der Waals surface area contributed by atoms with Gasteiger partial charge in [-0.1, -0.05) is 97.1 Å². The van der Waals surface area contributed by atoms with Crippen molar-refractivity contribution in [2.24, 2.45) is 0 Å². The number of hydrogen-bond donors (Lipinski definition) is 2. The lowest BCUT2D eigenvalue weighted by molar-refractivity contribution is 0.0647. The van der Waals surface area contributed by atoms with Gasteiger partial charge < -0.3 is 42.2 Å². The fraction of sp³-hybridized carbons (Fsp3) is 0.267. The van der Waals surface area contributed by atoms with E-state index >= 15 is 0 Å². The average Bonchev–Trinajstić information content (AvgIpc) is 4.25. The van der Waals surface area contributed by atoms with Crippen LogP contribution in [0.1, 0.15) is 72.2 Å². The van der Waals surface area contributed by atoms with Gasteiger partial charge in [0.2, 0.25) is 0 Å². The van der Waals surface area contributed by atoms with Crippen LogP contribution < -0.4 is 0 Å². The number of nitrogens with one attached hydrogen (secondary N) is 2. The molecule has 0 unspecified atom stereocenters. The first-order valence-corrected chi connectivity index (χ1v) is 26.8. The number of rotatable bonds is 22. The molecule has 5 heterocycles. The Morgan fingerprint density at radius 2 is 0.681 bits per heavy atom. The van der Waals surface area contributed by atoms with Crippen molar-refractivity contribution < 1.29 is 32.2 Å². The average molecular weight is 981 g/mol. The molecule has 0 spiro atoms. The summed E-state index contributed by atoms with van der Waals surface area (Å²) in [6, 6.07) is 43.5. The fourth-order valence-electron chi connectivity index (χ4n) is 9.57. The minimum atomic E-state index is -2.73. The maximum Gasteiger partial charge on any atom is 0.501 e. The van der Waals surface area contributed by atoms with Gasteiger partial charge in [-0.3, -0.25) is 0 Å². The van der Waals surface area contributed by atoms with Crippen LogP contribution >= 0.6 is 0 Å². The number of hydrogen-bond acceptors (Lipinski definition) is 9. The Morgan fingerprint density at radius 3 is 0.958 bits per heavy atom. The van der Waals surface area contributed by atoms with Crippen molar-refractivity contribution in [2.45, 2.75) is 59.7 Å². The van der Waals surface area contributed by atoms with E-state index in [0.717, 1.165) is 118 Å². The van der Waals surface area contributed by atoms with E-state index in [1.54, 1.807) is 21.3 Å². The lowest BCUT2D eigenvalue weighted by Crippen LogP contribution is -2.46. The number of aromatic amines is 2. The van der Waals surface area contributed by atoms with Crippen molar-refractivity contribution in [1.82, 2.24) is 19.9 Å². The first-order valence-electron chi connectivity index (χ1n) is 24.9. The maximum atomic E-state index is 6.23. The second-order valence-electron chi connectivity index (χ2n) is 17.7. The van der Waals surface area contributed by atoms with Gasteiger partial charge in [-0.15, -0.1) is 0 Å². The van der Waals surface area contributed by atoms with E-state index in [0.29, 0.717) is 58.9 Å². The highest BCUT2D eigenvalue weighted by Crippen LogP contribution is 2.39. The molecule has 9 rings (SSSR count). The highest BCUT2D eigenvalue weighted by atomic mass is 28.4. The van der Waals surface area contributed by atoms with Crippen LogP contribution in [0.3, 0.4) is 0 Å². The zero-order valence-electron chi connectivity index (χ0n) is 42.2. The molecule has 2 N–H and O–H groups in total. The number of ether oxygens (including phenoxy) is 4. The lowest BCUT2D eigenvalue weighted by atomic mass is 10.0. The molecule has 2 aliphatic heterocycles. The molecule has 0 amide bonds. The minimum Gasteiger partial charge on any atom is -0.380 e. The number of fused-ring (bicyclic) bond motifs is 8. The zero-order chi connectivity index (χ0) is 49.9. The van der Waals surface area contributed by atoms with E-state index in [1.807, 2.05) is 20.8 Å². The SMILES string of the molecule is CCO[Si](CCCOCc1ccc(-c2c3nc(c(-c4ccc(COC)cc4)c4ccc([nH]4)c(-c4ccc(COC)cc4)c4nc(c(-c5ccc(COC)cc5)c5ccc2[nH]5)C=C4)C=C3)cc1)(OCC)OCC. The van der Waals surface area contributed by atoms with Gasteiger partial charge >= 0.3 is 8.80 Å². The molecule has 7 aromatic rings. The summed E-state index contributed by atoms with van der Waals surface area (Å²) in [5.41, 5.74) is 19.4. The van der Waals surface area contributed by atoms with Gasteiger partial charge in [0, 0.05) is 98.1 Å². The molecule has 11 nitrogen and oxygen atoms in total. The molecule has 0 radical (unpaired) electrons. The summed E-state index contributed by atoms with van der Waals surface area (Å²) in [6.07, 6.45) is 9.28. The zero-order valence-corrected chi connectivity index (χ0v) is 43.2. The first kappa shape index (κ1) is 50.4. The van der Waals surface area contributed by atoms with Gasteiger partial charge in [-0.05, 0) is 120 Å². The molecule has 72 heavy (non-hydrogen) atoms. The van der Waals surface area contributed by atoms with Crippen molar-refractivity contribution >= 4 is 55.2 Å². The highest BCUT2D eigenvalue weighted by Gasteiger charge is 2.39. The van der Waals surface area contributed by atoms with E-state index in [-0.39, 0.29) is 0 Å². The third-order valence-corrected chi connectivity index (χ3v) is 15.9. The monoisotopic (exact) mass is 980 g/mol. The molecule has 0 fully saturated rings. The van der Waals surface area contributed by atoms with Crippen molar-refractivity contribution in [2.75, 3.05) is 47.8 Å². The van der Waals surface area contributed by atoms with E-state index in [1.165, 1.54) is 0 Å². The van der Waals surface area contributed by atoms with Crippen LogP contribution in [-0.4, -0.2) is 76.5 Å². The highest BCUT2D eigenvalue weighted by molar-refractivity contribution is 6.60. The van der Waals surface area contributed by atoms with Crippen molar-refractivity contribution in [1.29, 1.82) is 0 Å². The molecule has 8 bridgehead atoms. The third-order valence-electron chi connectivity index (χ3n) is 12.8. The van der Waals surface area contributed by atoms with Crippen molar-refractivity contribution in [3.63, 3.8) is 0 Å². The molecule has 3 aromatic heterocycles. The van der Waals surface area contributed by atoms with Gasteiger partial charge in [0.25, 0.3) is 0 Å². The molecule has 2 aliphatic rings. The smallest absolute Gasteiger partial charge is 0.380 e. The second kappa shape index (κ2) is 23.8. The van der Waals surface area contributed by atoms with Crippen LogP contribution in [0.15, 0.2) is 121 Å². The Hall–Kier alpha value is -6.58. The summed E-state index contributed by atoms with van der Waals surface area (Å²) in [5.74, 6) is 0. The maximum absolute atomic E-state index is 6.23. The summed E-state index contributed by atoms with van der Waals surface area (Å²) in [5, 5.41) is 0. The Kier molecular flexibility index (Phi) is 16.6. The van der Waals surface area contributed by atoms with Gasteiger partial charge in [-0.2, -0.15) is 0 Å². The van der Waals surface area contributed by atoms with Crippen LogP contribution in [0.25, 0.3) is 90.9 Å². The predicted octanol–water partition coefficient (Wildman–Crippen LogP) is 13.7. The van der Waals surface area contributed by atoms with E-state index in [2.05, 4.69) is 156 Å². The predicted molar refractivity (Wildman–Crippen MR) is 292 cm³/mol. The Labute approximate surface area is 423 Å². The quantitative estimate of drug-likeness (QED) is 0.0505. The number of benzene rings is 4. The van der Waals surface area contributed by atoms with E-state index in [4.69, 9.17) is 42.2 Å². The number of H-pyrrole nitrogens is 2. The standard InChI is InChI=1S/C60H64N4O7Si/c1-7-69-72(70-8-2,71-9-3)36-10-35-68-40-44-17-25-48(26-18-44)60-55-33-31-53(63-55)58(46-21-13-42(14-22-46)38-66-5)51-29-27-49(61-51)57(45-19-11-41(12-20-45)37-65-4)50-28-30-52(62-50)59(54-32-34-56(60)64-54)47-23-15-43(16-24-47)39-67-6/h11-34,61,64H,7-10,35-40H2,1-6H3. The molecule has 0 aliphatic carbocycles. The Balaban J connectivity index is 1.21. The van der Waals surface area contributed by atoms with Crippen LogP contribution in [0.2, 0.25) is 6.04 Å². The first-order chi connectivity index (χ1) is 35.4. The van der Waals surface area contributed by atoms with E-state index < -0.39 is 8.80 Å². The molecule has 0 atom stereocenters. The number of aromatic nitrogens is 4. The van der Waals surface area contributed by atoms with Gasteiger partial charge in [0.1, 0.15) is 0 Å². The minimum absolute atomic E-state index is 0.474. The summed E-state index contributed by atoms with van der Waals surface area (Å²) in [6.45, 7) is 10.2. The summed E-state index contributed by atoms with van der Waals surface area (Å²) in [7, 11) is 2.42. The molecule has 0 saturated heterocycles. The Bertz CT molecular complexity index is 3110. The fourth-order valence-corrected chi connectivity index (χ4v) is 12.2. The van der Waals surface area contributed by atoms with Crippen LogP contribution in [0, 0.1) is 0 Å². The number of nitrogens with zero attached hydrogens (tertiary/aromatic N) is 2. The van der Waals surface area contributed by atoms with Gasteiger partial charge in [0.05, 0.1) is 49.2 Å². The number of methoxy groups -OCH3 is 3. The second-order valence-corrected chi connectivity index (χ2v) is 20.5. The topological polar surface area (TPSA) is 122 Å². The summed E-state index contributed by atoms with van der Waals surface area (Å²) < 4.78 is 40.9. The van der Waals surface area contributed by atoms with Gasteiger partial charge in [-0.25, -0.2) is 9.97 Å². The summed E-state index contributed by atoms with van der Waals surface area (Å²) >= 11 is 0. The molecular formula is C60H64N4O7Si. The lowest BCUT2D eigenvalue weighted by Gasteiger charge is -2.28. The van der Waals surface area contributed by atoms with Crippen LogP contribution in [-0.2, 0) is 58.7 Å². The molecule has 370 valence electrons. The normalized spacial score (nSPS) is 12.3.